The Hall–Kier alpha value is -3.68. The first-order valence-electron chi connectivity index (χ1n) is 11.1. The zero-order valence-corrected chi connectivity index (χ0v) is 20.1. The summed E-state index contributed by atoms with van der Waals surface area (Å²) in [7, 11) is 1.54. The Labute approximate surface area is 199 Å². The number of carbonyl (C=O) groups excluding carboxylic acids is 4. The lowest BCUT2D eigenvalue weighted by Gasteiger charge is -2.19. The summed E-state index contributed by atoms with van der Waals surface area (Å²) < 4.78 is 10.6. The molecule has 2 atom stereocenters. The highest BCUT2D eigenvalue weighted by Gasteiger charge is 2.37. The van der Waals surface area contributed by atoms with E-state index in [4.69, 9.17) is 9.47 Å². The van der Waals surface area contributed by atoms with Gasteiger partial charge in [-0.2, -0.15) is 0 Å². The first-order valence-corrected chi connectivity index (χ1v) is 11.1. The highest BCUT2D eigenvalue weighted by Crippen LogP contribution is 2.29. The van der Waals surface area contributed by atoms with Crippen molar-refractivity contribution in [2.45, 2.75) is 40.2 Å². The van der Waals surface area contributed by atoms with E-state index in [0.717, 1.165) is 0 Å². The van der Waals surface area contributed by atoms with Gasteiger partial charge in [-0.1, -0.05) is 26.8 Å². The second-order valence-electron chi connectivity index (χ2n) is 9.33. The van der Waals surface area contributed by atoms with Crippen molar-refractivity contribution in [2.75, 3.05) is 23.9 Å². The summed E-state index contributed by atoms with van der Waals surface area (Å²) in [6.07, 6.45) is -0.998. The van der Waals surface area contributed by atoms with Crippen LogP contribution < -0.4 is 15.0 Å². The Kier molecular flexibility index (Phi) is 7.39. The predicted molar refractivity (Wildman–Crippen MR) is 128 cm³/mol. The number of hydrogen-bond acceptors (Lipinski definition) is 6. The Morgan fingerprint density at radius 2 is 1.76 bits per heavy atom. The minimum absolute atomic E-state index is 0.0130. The minimum atomic E-state index is -1.01. The van der Waals surface area contributed by atoms with E-state index in [2.05, 4.69) is 5.32 Å². The predicted octanol–water partition coefficient (Wildman–Crippen LogP) is 3.85. The van der Waals surface area contributed by atoms with Gasteiger partial charge in [0.15, 0.2) is 6.10 Å². The highest BCUT2D eigenvalue weighted by atomic mass is 16.5. The molecule has 1 fully saturated rings. The lowest BCUT2D eigenvalue weighted by atomic mass is 9.95. The lowest BCUT2D eigenvalue weighted by molar-refractivity contribution is -0.151. The van der Waals surface area contributed by atoms with E-state index in [1.807, 2.05) is 20.8 Å². The molecule has 2 unspecified atom stereocenters. The topological polar surface area (TPSA) is 102 Å². The van der Waals surface area contributed by atoms with E-state index >= 15 is 0 Å². The number of esters is 1. The van der Waals surface area contributed by atoms with E-state index < -0.39 is 23.4 Å². The number of benzene rings is 2. The molecule has 0 saturated carbocycles. The smallest absolute Gasteiger partial charge is 0.312 e. The number of methoxy groups -OCH3 is 1. The Bertz CT molecular complexity index is 1090. The van der Waals surface area contributed by atoms with Crippen LogP contribution >= 0.6 is 0 Å². The lowest BCUT2D eigenvalue weighted by Crippen LogP contribution is -2.30. The van der Waals surface area contributed by atoms with Gasteiger partial charge >= 0.3 is 5.97 Å². The van der Waals surface area contributed by atoms with Crippen molar-refractivity contribution in [3.05, 3.63) is 54.1 Å². The van der Waals surface area contributed by atoms with Gasteiger partial charge in [-0.3, -0.25) is 19.2 Å². The molecule has 3 rings (SSSR count). The van der Waals surface area contributed by atoms with Crippen LogP contribution in [-0.2, 0) is 19.1 Å². The van der Waals surface area contributed by atoms with Crippen molar-refractivity contribution in [1.29, 1.82) is 0 Å². The molecule has 0 aliphatic carbocycles. The molecule has 1 aliphatic heterocycles. The maximum Gasteiger partial charge on any atom is 0.312 e. The Balaban J connectivity index is 1.59. The van der Waals surface area contributed by atoms with Gasteiger partial charge in [-0.25, -0.2) is 0 Å². The zero-order chi connectivity index (χ0) is 25.0. The maximum absolute atomic E-state index is 12.8. The third-order valence-electron chi connectivity index (χ3n) is 5.59. The molecule has 0 spiro atoms. The molecule has 8 nitrogen and oxygen atoms in total. The van der Waals surface area contributed by atoms with Crippen LogP contribution in [0.2, 0.25) is 0 Å². The number of hydrogen-bond donors (Lipinski definition) is 1. The average Bonchev–Trinajstić information content (AvgIpc) is 3.20. The number of Topliss-reactive ketones (excluding diaryl/α,β-unsaturated/α-hetero) is 1. The summed E-state index contributed by atoms with van der Waals surface area (Å²) in [4.78, 5) is 51.5. The van der Waals surface area contributed by atoms with Crippen LogP contribution in [0.3, 0.4) is 0 Å². The van der Waals surface area contributed by atoms with Crippen molar-refractivity contribution in [1.82, 2.24) is 0 Å². The van der Waals surface area contributed by atoms with Crippen LogP contribution in [0, 0.1) is 11.3 Å². The molecule has 1 heterocycles. The van der Waals surface area contributed by atoms with Crippen LogP contribution in [0.25, 0.3) is 0 Å². The van der Waals surface area contributed by atoms with E-state index in [1.54, 1.807) is 55.6 Å². The fourth-order valence-corrected chi connectivity index (χ4v) is 3.49. The van der Waals surface area contributed by atoms with Crippen LogP contribution in [0.4, 0.5) is 11.4 Å². The average molecular weight is 467 g/mol. The number of rotatable bonds is 7. The Morgan fingerprint density at radius 1 is 1.09 bits per heavy atom. The molecular formula is C26H30N2O6. The molecular weight excluding hydrogens is 436 g/mol. The molecule has 2 aromatic rings. The van der Waals surface area contributed by atoms with Crippen molar-refractivity contribution >= 4 is 34.9 Å². The van der Waals surface area contributed by atoms with Crippen LogP contribution in [0.1, 0.15) is 44.5 Å². The van der Waals surface area contributed by atoms with Crippen LogP contribution in [-0.4, -0.2) is 43.3 Å². The summed E-state index contributed by atoms with van der Waals surface area (Å²) in [6, 6.07) is 13.5. The third-order valence-corrected chi connectivity index (χ3v) is 5.59. The minimum Gasteiger partial charge on any atom is -0.497 e. The number of anilines is 2. The SMILES string of the molecule is COc1cccc(N2CC(C(=O)OC(C)C(=O)c3ccc(NC(=O)C(C)(C)C)cc3)CC2=O)c1. The fraction of sp³-hybridized carbons (Fsp3) is 0.385. The van der Waals surface area contributed by atoms with Gasteiger partial charge in [0.1, 0.15) is 5.75 Å². The zero-order valence-electron chi connectivity index (χ0n) is 20.1. The molecule has 2 amide bonds. The van der Waals surface area contributed by atoms with Gasteiger partial charge in [0.25, 0.3) is 0 Å². The first kappa shape index (κ1) is 25.0. The Morgan fingerprint density at radius 3 is 2.38 bits per heavy atom. The van der Waals surface area contributed by atoms with E-state index in [-0.39, 0.29) is 30.6 Å². The van der Waals surface area contributed by atoms with E-state index in [9.17, 15) is 19.2 Å². The molecule has 0 radical (unpaired) electrons. The third kappa shape index (κ3) is 5.81. The number of nitrogens with one attached hydrogen (secondary N) is 1. The molecule has 0 bridgehead atoms. The molecule has 1 saturated heterocycles. The number of amides is 2. The summed E-state index contributed by atoms with van der Waals surface area (Å²) >= 11 is 0. The maximum atomic E-state index is 12.8. The second-order valence-corrected chi connectivity index (χ2v) is 9.33. The van der Waals surface area contributed by atoms with Gasteiger partial charge in [-0.05, 0) is 43.3 Å². The first-order chi connectivity index (χ1) is 16.0. The summed E-state index contributed by atoms with van der Waals surface area (Å²) in [5, 5.41) is 2.80. The highest BCUT2D eigenvalue weighted by molar-refractivity contribution is 6.02. The largest absolute Gasteiger partial charge is 0.497 e. The molecule has 0 aromatic heterocycles. The second kappa shape index (κ2) is 10.1. The fourth-order valence-electron chi connectivity index (χ4n) is 3.49. The van der Waals surface area contributed by atoms with Gasteiger partial charge in [-0.15, -0.1) is 0 Å². The van der Waals surface area contributed by atoms with Crippen molar-refractivity contribution in [2.24, 2.45) is 11.3 Å². The summed E-state index contributed by atoms with van der Waals surface area (Å²) in [5.41, 5.74) is 1.03. The van der Waals surface area contributed by atoms with Crippen LogP contribution in [0.15, 0.2) is 48.5 Å². The van der Waals surface area contributed by atoms with E-state index in [1.165, 1.54) is 11.8 Å². The molecule has 1 N–H and O–H groups in total. The van der Waals surface area contributed by atoms with Gasteiger partial charge in [0.2, 0.25) is 17.6 Å². The summed E-state index contributed by atoms with van der Waals surface area (Å²) in [6.45, 7) is 7.11. The molecule has 8 heteroatoms. The van der Waals surface area contributed by atoms with Crippen molar-refractivity contribution in [3.8, 4) is 5.75 Å². The van der Waals surface area contributed by atoms with Crippen molar-refractivity contribution in [3.63, 3.8) is 0 Å². The molecule has 2 aromatic carbocycles. The monoisotopic (exact) mass is 466 g/mol. The number of carbonyl (C=O) groups is 4. The molecule has 1 aliphatic rings. The standard InChI is InChI=1S/C26H30N2O6/c1-16(23(30)17-9-11-19(12-10-17)27-25(32)26(2,3)4)34-24(31)18-13-22(29)28(15-18)20-7-6-8-21(14-20)33-5/h6-12,14,16,18H,13,15H2,1-5H3,(H,27,32). The van der Waals surface area contributed by atoms with Gasteiger partial charge in [0.05, 0.1) is 13.0 Å². The number of nitrogens with zero attached hydrogens (tertiary/aromatic N) is 1. The van der Waals surface area contributed by atoms with E-state index in [0.29, 0.717) is 22.7 Å². The number of ether oxygens (including phenoxy) is 2. The van der Waals surface area contributed by atoms with Gasteiger partial charge in [0, 0.05) is 41.4 Å². The number of ketones is 1. The normalized spacial score (nSPS) is 16.7. The van der Waals surface area contributed by atoms with Crippen molar-refractivity contribution < 1.29 is 28.7 Å². The molecule has 180 valence electrons. The molecule has 34 heavy (non-hydrogen) atoms. The summed E-state index contributed by atoms with van der Waals surface area (Å²) in [5.74, 6) is -1.33. The van der Waals surface area contributed by atoms with Crippen LogP contribution in [0.5, 0.6) is 5.75 Å². The van der Waals surface area contributed by atoms with Gasteiger partial charge < -0.3 is 19.7 Å². The quantitative estimate of drug-likeness (QED) is 0.491.